The van der Waals surface area contributed by atoms with Crippen molar-refractivity contribution >= 4 is 34.8 Å². The van der Waals surface area contributed by atoms with Crippen molar-refractivity contribution in [1.82, 2.24) is 10.2 Å². The fourth-order valence-electron chi connectivity index (χ4n) is 2.28. The van der Waals surface area contributed by atoms with E-state index in [-0.39, 0.29) is 39.7 Å². The smallest absolute Gasteiger partial charge is 0.277 e. The lowest BCUT2D eigenvalue weighted by Crippen LogP contribution is -2.04. The molecule has 2 aromatic carbocycles. The standard InChI is InChI=1S/C18H14ClN3O6S/c1-26-15-4-2-3-5-16(15)27-9-17-20-21-18(28-17)29-10-14(23)12-8-11(22(24)25)6-7-13(12)19/h2-8H,9-10H2,1H3. The molecule has 29 heavy (non-hydrogen) atoms. The van der Waals surface area contributed by atoms with E-state index in [9.17, 15) is 14.9 Å². The van der Waals surface area contributed by atoms with Crippen LogP contribution in [0.15, 0.2) is 52.1 Å². The Morgan fingerprint density at radius 2 is 2.00 bits per heavy atom. The van der Waals surface area contributed by atoms with Gasteiger partial charge in [-0.25, -0.2) is 0 Å². The number of thioether (sulfide) groups is 1. The second-order valence-corrected chi connectivity index (χ2v) is 6.87. The predicted molar refractivity (Wildman–Crippen MR) is 105 cm³/mol. The third kappa shape index (κ3) is 5.24. The molecular formula is C18H14ClN3O6S. The van der Waals surface area contributed by atoms with Crippen LogP contribution in [-0.4, -0.2) is 33.8 Å². The van der Waals surface area contributed by atoms with E-state index in [1.807, 2.05) is 6.07 Å². The topological polar surface area (TPSA) is 118 Å². The number of halogens is 1. The van der Waals surface area contributed by atoms with Crippen LogP contribution < -0.4 is 9.47 Å². The van der Waals surface area contributed by atoms with Crippen LogP contribution in [0.25, 0.3) is 0 Å². The van der Waals surface area contributed by atoms with E-state index in [1.54, 1.807) is 18.2 Å². The number of hydrogen-bond donors (Lipinski definition) is 0. The van der Waals surface area contributed by atoms with Crippen molar-refractivity contribution in [2.45, 2.75) is 11.8 Å². The van der Waals surface area contributed by atoms with Crippen LogP contribution in [0.1, 0.15) is 16.2 Å². The van der Waals surface area contributed by atoms with Crippen molar-refractivity contribution in [3.05, 3.63) is 69.1 Å². The Balaban J connectivity index is 1.59. The molecule has 1 heterocycles. The third-order valence-corrected chi connectivity index (χ3v) is 4.80. The van der Waals surface area contributed by atoms with Gasteiger partial charge < -0.3 is 13.9 Å². The average molecular weight is 436 g/mol. The number of nitro groups is 1. The molecule has 0 unspecified atom stereocenters. The molecule has 0 aliphatic carbocycles. The first-order valence-electron chi connectivity index (χ1n) is 8.16. The number of para-hydroxylation sites is 2. The summed E-state index contributed by atoms with van der Waals surface area (Å²) in [6, 6.07) is 10.8. The number of Topliss-reactive ketones (excluding diaryl/α,β-unsaturated/α-hetero) is 1. The highest BCUT2D eigenvalue weighted by atomic mass is 35.5. The minimum absolute atomic E-state index is 0.0264. The Morgan fingerprint density at radius 3 is 2.72 bits per heavy atom. The van der Waals surface area contributed by atoms with Gasteiger partial charge in [0.25, 0.3) is 16.8 Å². The first kappa shape index (κ1) is 20.6. The number of nitrogens with zero attached hydrogens (tertiary/aromatic N) is 3. The number of aromatic nitrogens is 2. The number of carbonyl (C=O) groups is 1. The molecule has 0 fully saturated rings. The van der Waals surface area contributed by atoms with Gasteiger partial charge in [-0.3, -0.25) is 14.9 Å². The predicted octanol–water partition coefficient (Wildman–Crippen LogP) is 4.19. The number of nitro benzene ring substituents is 1. The van der Waals surface area contributed by atoms with Crippen molar-refractivity contribution in [2.24, 2.45) is 0 Å². The minimum atomic E-state index is -0.591. The highest BCUT2D eigenvalue weighted by molar-refractivity contribution is 7.99. The molecule has 0 bridgehead atoms. The largest absolute Gasteiger partial charge is 0.493 e. The SMILES string of the molecule is COc1ccccc1OCc1nnc(SCC(=O)c2cc([N+](=O)[O-])ccc2Cl)o1. The molecular weight excluding hydrogens is 422 g/mol. The lowest BCUT2D eigenvalue weighted by Gasteiger charge is -2.07. The van der Waals surface area contributed by atoms with E-state index in [0.717, 1.165) is 17.8 Å². The second kappa shape index (κ2) is 9.39. The number of benzene rings is 2. The number of methoxy groups -OCH3 is 1. The highest BCUT2D eigenvalue weighted by Crippen LogP contribution is 2.28. The van der Waals surface area contributed by atoms with Crippen LogP contribution in [-0.2, 0) is 6.61 Å². The van der Waals surface area contributed by atoms with Crippen molar-refractivity contribution in [3.63, 3.8) is 0 Å². The summed E-state index contributed by atoms with van der Waals surface area (Å²) in [6.45, 7) is 0.0264. The zero-order chi connectivity index (χ0) is 20.8. The molecule has 0 spiro atoms. The lowest BCUT2D eigenvalue weighted by molar-refractivity contribution is -0.384. The Labute approximate surface area is 174 Å². The molecule has 0 amide bonds. The van der Waals surface area contributed by atoms with Gasteiger partial charge in [0.2, 0.25) is 0 Å². The summed E-state index contributed by atoms with van der Waals surface area (Å²) in [4.78, 5) is 22.6. The van der Waals surface area contributed by atoms with Gasteiger partial charge >= 0.3 is 0 Å². The molecule has 0 aliphatic heterocycles. The van der Waals surface area contributed by atoms with Crippen LogP contribution >= 0.6 is 23.4 Å². The summed E-state index contributed by atoms with van der Waals surface area (Å²) in [5, 5.41) is 18.9. The van der Waals surface area contributed by atoms with E-state index >= 15 is 0 Å². The maximum absolute atomic E-state index is 12.3. The molecule has 9 nitrogen and oxygen atoms in total. The van der Waals surface area contributed by atoms with E-state index in [2.05, 4.69) is 10.2 Å². The first-order valence-corrected chi connectivity index (χ1v) is 9.52. The zero-order valence-corrected chi connectivity index (χ0v) is 16.6. The van der Waals surface area contributed by atoms with Crippen LogP contribution in [0, 0.1) is 10.1 Å². The molecule has 0 atom stereocenters. The average Bonchev–Trinajstić information content (AvgIpc) is 3.18. The summed E-state index contributed by atoms with van der Waals surface area (Å²) in [5.74, 6) is 0.850. The van der Waals surface area contributed by atoms with E-state index in [1.165, 1.54) is 19.2 Å². The normalized spacial score (nSPS) is 10.6. The van der Waals surface area contributed by atoms with Gasteiger partial charge in [0.15, 0.2) is 23.9 Å². The molecule has 0 aliphatic rings. The molecule has 11 heteroatoms. The molecule has 0 saturated carbocycles. The highest BCUT2D eigenvalue weighted by Gasteiger charge is 2.18. The van der Waals surface area contributed by atoms with Crippen molar-refractivity contribution in [3.8, 4) is 11.5 Å². The summed E-state index contributed by atoms with van der Waals surface area (Å²) in [7, 11) is 1.54. The number of ketones is 1. The van der Waals surface area contributed by atoms with Gasteiger partial charge in [0.05, 0.1) is 22.8 Å². The first-order chi connectivity index (χ1) is 14.0. The van der Waals surface area contributed by atoms with Crippen molar-refractivity contribution in [1.29, 1.82) is 0 Å². The second-order valence-electron chi connectivity index (χ2n) is 5.53. The summed E-state index contributed by atoms with van der Waals surface area (Å²) < 4.78 is 16.2. The van der Waals surface area contributed by atoms with Gasteiger partial charge in [-0.2, -0.15) is 0 Å². The fraction of sp³-hybridized carbons (Fsp3) is 0.167. The Kier molecular flexibility index (Phi) is 6.68. The Bertz CT molecular complexity index is 1040. The van der Waals surface area contributed by atoms with Crippen LogP contribution in [0.5, 0.6) is 11.5 Å². The van der Waals surface area contributed by atoms with Gasteiger partial charge in [0, 0.05) is 17.7 Å². The molecule has 0 radical (unpaired) electrons. The molecule has 3 aromatic rings. The lowest BCUT2D eigenvalue weighted by atomic mass is 10.1. The summed E-state index contributed by atoms with van der Waals surface area (Å²) >= 11 is 6.97. The summed E-state index contributed by atoms with van der Waals surface area (Å²) in [5.41, 5.74) is -0.149. The number of ether oxygens (including phenoxy) is 2. The molecule has 150 valence electrons. The number of rotatable bonds is 9. The number of non-ortho nitro benzene ring substituents is 1. The molecule has 0 N–H and O–H groups in total. The quantitative estimate of drug-likeness (QED) is 0.211. The van der Waals surface area contributed by atoms with Crippen LogP contribution in [0.2, 0.25) is 5.02 Å². The maximum Gasteiger partial charge on any atom is 0.277 e. The van der Waals surface area contributed by atoms with Gasteiger partial charge in [-0.15, -0.1) is 10.2 Å². The maximum atomic E-state index is 12.3. The van der Waals surface area contributed by atoms with Gasteiger partial charge in [-0.05, 0) is 18.2 Å². The monoisotopic (exact) mass is 435 g/mol. The Morgan fingerprint density at radius 1 is 1.24 bits per heavy atom. The van der Waals surface area contributed by atoms with Gasteiger partial charge in [0.1, 0.15) is 0 Å². The van der Waals surface area contributed by atoms with Gasteiger partial charge in [-0.1, -0.05) is 35.5 Å². The van der Waals surface area contributed by atoms with E-state index in [4.69, 9.17) is 25.5 Å². The number of carbonyl (C=O) groups excluding carboxylic acids is 1. The third-order valence-electron chi connectivity index (χ3n) is 3.66. The fourth-order valence-corrected chi connectivity index (χ4v) is 3.16. The molecule has 1 aromatic heterocycles. The molecule has 3 rings (SSSR count). The summed E-state index contributed by atoms with van der Waals surface area (Å²) in [6.07, 6.45) is 0. The Hall–Kier alpha value is -3.11. The zero-order valence-electron chi connectivity index (χ0n) is 15.0. The molecule has 0 saturated heterocycles. The van der Waals surface area contributed by atoms with Crippen molar-refractivity contribution < 1.29 is 23.6 Å². The minimum Gasteiger partial charge on any atom is -0.493 e. The van der Waals surface area contributed by atoms with Crippen LogP contribution in [0.3, 0.4) is 0 Å². The van der Waals surface area contributed by atoms with E-state index in [0.29, 0.717) is 11.5 Å². The van der Waals surface area contributed by atoms with Crippen molar-refractivity contribution in [2.75, 3.05) is 12.9 Å². The van der Waals surface area contributed by atoms with Crippen LogP contribution in [0.4, 0.5) is 5.69 Å². The number of hydrogen-bond acceptors (Lipinski definition) is 9. The van der Waals surface area contributed by atoms with E-state index < -0.39 is 10.7 Å².